The molecule has 25 heavy (non-hydrogen) atoms. The number of nitro groups is 1. The van der Waals surface area contributed by atoms with Crippen molar-refractivity contribution in [3.05, 3.63) is 76.6 Å². The maximum Gasteiger partial charge on any atom is 0.353 e. The zero-order chi connectivity index (χ0) is 17.8. The van der Waals surface area contributed by atoms with Crippen LogP contribution in [0.5, 0.6) is 0 Å². The third-order valence-electron chi connectivity index (χ3n) is 3.24. The Kier molecular flexibility index (Phi) is 4.46. The third kappa shape index (κ3) is 3.66. The van der Waals surface area contributed by atoms with Gasteiger partial charge in [-0.15, -0.1) is 0 Å². The van der Waals surface area contributed by atoms with E-state index in [1.807, 2.05) is 0 Å². The van der Waals surface area contributed by atoms with Crippen molar-refractivity contribution in [3.8, 4) is 0 Å². The van der Waals surface area contributed by atoms with E-state index in [4.69, 9.17) is 0 Å². The van der Waals surface area contributed by atoms with Gasteiger partial charge in [0.25, 0.3) is 0 Å². The maximum atomic E-state index is 13.8. The molecule has 0 aliphatic heterocycles. The topological polar surface area (TPSA) is 93.0 Å². The number of hydrogen-bond donors (Lipinski definition) is 2. The Balaban J connectivity index is 1.98. The summed E-state index contributed by atoms with van der Waals surface area (Å²) >= 11 is 0. The Morgan fingerprint density at radius 3 is 2.20 bits per heavy atom. The number of nitrogens with zero attached hydrogens (tertiary/aromatic N) is 3. The van der Waals surface area contributed by atoms with Crippen LogP contribution in [0.25, 0.3) is 0 Å². The van der Waals surface area contributed by atoms with E-state index in [9.17, 15) is 18.9 Å². The lowest BCUT2D eigenvalue weighted by Crippen LogP contribution is -2.06. The normalized spacial score (nSPS) is 10.3. The van der Waals surface area contributed by atoms with Gasteiger partial charge in [0.15, 0.2) is 0 Å². The van der Waals surface area contributed by atoms with Crippen LogP contribution < -0.4 is 10.6 Å². The maximum absolute atomic E-state index is 13.8. The van der Waals surface area contributed by atoms with Crippen LogP contribution in [0, 0.1) is 21.7 Å². The molecule has 1 heterocycles. The summed E-state index contributed by atoms with van der Waals surface area (Å²) in [5.74, 6) is -1.30. The molecule has 126 valence electrons. The van der Waals surface area contributed by atoms with Gasteiger partial charge in [-0.2, -0.15) is 0 Å². The van der Waals surface area contributed by atoms with Crippen LogP contribution in [0.15, 0.2) is 54.9 Å². The highest BCUT2D eigenvalue weighted by molar-refractivity contribution is 5.76. The number of nitrogens with one attached hydrogen (secondary N) is 2. The number of benzene rings is 2. The van der Waals surface area contributed by atoms with Gasteiger partial charge >= 0.3 is 5.69 Å². The first kappa shape index (κ1) is 16.2. The van der Waals surface area contributed by atoms with Gasteiger partial charge in [0.2, 0.25) is 11.6 Å². The quantitative estimate of drug-likeness (QED) is 0.534. The molecule has 9 heteroatoms. The fraction of sp³-hybridized carbons (Fsp3) is 0. The Labute approximate surface area is 140 Å². The van der Waals surface area contributed by atoms with Crippen molar-refractivity contribution in [2.45, 2.75) is 0 Å². The first-order chi connectivity index (χ1) is 12.0. The second-order valence-corrected chi connectivity index (χ2v) is 4.91. The van der Waals surface area contributed by atoms with Crippen molar-refractivity contribution in [1.29, 1.82) is 0 Å². The van der Waals surface area contributed by atoms with Crippen LogP contribution in [0.3, 0.4) is 0 Å². The Morgan fingerprint density at radius 1 is 0.920 bits per heavy atom. The largest absolute Gasteiger partial charge is 0.353 e. The van der Waals surface area contributed by atoms with E-state index in [2.05, 4.69) is 20.6 Å². The SMILES string of the molecule is O=[N+]([O-])c1c(Nc2ccc(F)cc2)ncnc1Nc1ccccc1F. The molecule has 0 spiro atoms. The summed E-state index contributed by atoms with van der Waals surface area (Å²) in [4.78, 5) is 18.4. The van der Waals surface area contributed by atoms with Gasteiger partial charge in [-0.05, 0) is 36.4 Å². The molecule has 2 aromatic carbocycles. The monoisotopic (exact) mass is 343 g/mol. The van der Waals surface area contributed by atoms with Gasteiger partial charge in [0.05, 0.1) is 10.6 Å². The second-order valence-electron chi connectivity index (χ2n) is 4.91. The van der Waals surface area contributed by atoms with E-state index in [1.165, 1.54) is 42.5 Å². The summed E-state index contributed by atoms with van der Waals surface area (Å²) < 4.78 is 26.7. The zero-order valence-corrected chi connectivity index (χ0v) is 12.6. The highest BCUT2D eigenvalue weighted by atomic mass is 19.1. The summed E-state index contributed by atoms with van der Waals surface area (Å²) in [5, 5.41) is 16.8. The highest BCUT2D eigenvalue weighted by Gasteiger charge is 2.24. The predicted octanol–water partition coefficient (Wildman–Crippen LogP) is 4.15. The van der Waals surface area contributed by atoms with Crippen LogP contribution in [0.1, 0.15) is 0 Å². The summed E-state index contributed by atoms with van der Waals surface area (Å²) in [5.41, 5.74) is -0.0212. The lowest BCUT2D eigenvalue weighted by molar-refractivity contribution is -0.383. The molecule has 0 atom stereocenters. The third-order valence-corrected chi connectivity index (χ3v) is 3.24. The van der Waals surface area contributed by atoms with Crippen molar-refractivity contribution in [1.82, 2.24) is 9.97 Å². The van der Waals surface area contributed by atoms with Gasteiger partial charge in [0, 0.05) is 5.69 Å². The zero-order valence-electron chi connectivity index (χ0n) is 12.6. The average molecular weight is 343 g/mol. The minimum absolute atomic E-state index is 0.0389. The van der Waals surface area contributed by atoms with Gasteiger partial charge in [0.1, 0.15) is 18.0 Å². The van der Waals surface area contributed by atoms with Crippen LogP contribution in [0.2, 0.25) is 0 Å². The predicted molar refractivity (Wildman–Crippen MR) is 88.1 cm³/mol. The van der Waals surface area contributed by atoms with E-state index >= 15 is 0 Å². The van der Waals surface area contributed by atoms with E-state index in [0.717, 1.165) is 6.33 Å². The first-order valence-electron chi connectivity index (χ1n) is 7.08. The summed E-state index contributed by atoms with van der Waals surface area (Å²) in [6.07, 6.45) is 1.10. The number of para-hydroxylation sites is 1. The molecule has 0 saturated heterocycles. The molecule has 0 bridgehead atoms. The molecule has 0 unspecified atom stereocenters. The van der Waals surface area contributed by atoms with Crippen LogP contribution in [-0.4, -0.2) is 14.9 Å². The molecule has 3 rings (SSSR count). The summed E-state index contributed by atoms with van der Waals surface area (Å²) in [7, 11) is 0. The van der Waals surface area contributed by atoms with Crippen molar-refractivity contribution in [2.24, 2.45) is 0 Å². The smallest absolute Gasteiger partial charge is 0.334 e. The van der Waals surface area contributed by atoms with Crippen molar-refractivity contribution in [2.75, 3.05) is 10.6 Å². The van der Waals surface area contributed by atoms with Crippen molar-refractivity contribution >= 4 is 28.7 Å². The molecule has 0 aliphatic carbocycles. The van der Waals surface area contributed by atoms with E-state index in [-0.39, 0.29) is 17.3 Å². The lowest BCUT2D eigenvalue weighted by atomic mass is 10.3. The Bertz CT molecular complexity index is 919. The molecule has 0 saturated carbocycles. The molecule has 2 N–H and O–H groups in total. The van der Waals surface area contributed by atoms with E-state index < -0.39 is 22.2 Å². The molecule has 0 radical (unpaired) electrons. The van der Waals surface area contributed by atoms with Gasteiger partial charge < -0.3 is 10.6 Å². The number of hydrogen-bond acceptors (Lipinski definition) is 6. The van der Waals surface area contributed by atoms with Crippen LogP contribution in [0.4, 0.5) is 37.5 Å². The molecular formula is C16H11F2N5O2. The molecule has 7 nitrogen and oxygen atoms in total. The standard InChI is InChI=1S/C16H11F2N5O2/c17-10-5-7-11(8-6-10)21-15-14(23(24)25)16(20-9-19-15)22-13-4-2-1-3-12(13)18/h1-9H,(H2,19,20,21,22). The minimum atomic E-state index is -0.685. The Morgan fingerprint density at radius 2 is 1.56 bits per heavy atom. The van der Waals surface area contributed by atoms with E-state index in [1.54, 1.807) is 6.07 Å². The molecule has 3 aromatic rings. The van der Waals surface area contributed by atoms with E-state index in [0.29, 0.717) is 5.69 Å². The van der Waals surface area contributed by atoms with Crippen LogP contribution in [-0.2, 0) is 0 Å². The number of anilines is 4. The molecule has 0 fully saturated rings. The number of halogens is 2. The highest BCUT2D eigenvalue weighted by Crippen LogP contribution is 2.33. The first-order valence-corrected chi connectivity index (χ1v) is 7.08. The van der Waals surface area contributed by atoms with Crippen molar-refractivity contribution < 1.29 is 13.7 Å². The Hall–Kier alpha value is -3.62. The average Bonchev–Trinajstić information content (AvgIpc) is 2.59. The molecule has 0 aliphatic rings. The number of aromatic nitrogens is 2. The fourth-order valence-electron chi connectivity index (χ4n) is 2.09. The van der Waals surface area contributed by atoms with Crippen LogP contribution >= 0.6 is 0 Å². The fourth-order valence-corrected chi connectivity index (χ4v) is 2.09. The van der Waals surface area contributed by atoms with Crippen molar-refractivity contribution in [3.63, 3.8) is 0 Å². The van der Waals surface area contributed by atoms with Gasteiger partial charge in [-0.1, -0.05) is 12.1 Å². The lowest BCUT2D eigenvalue weighted by Gasteiger charge is -2.10. The molecular weight excluding hydrogens is 332 g/mol. The molecule has 0 amide bonds. The second kappa shape index (κ2) is 6.87. The van der Waals surface area contributed by atoms with Gasteiger partial charge in [-0.3, -0.25) is 10.1 Å². The summed E-state index contributed by atoms with van der Waals surface area (Å²) in [6.45, 7) is 0. The minimum Gasteiger partial charge on any atom is -0.334 e. The van der Waals surface area contributed by atoms with Gasteiger partial charge in [-0.25, -0.2) is 18.7 Å². The molecule has 1 aromatic heterocycles. The number of rotatable bonds is 5. The summed E-state index contributed by atoms with van der Waals surface area (Å²) in [6, 6.07) is 10.9.